The third-order valence-electron chi connectivity index (χ3n) is 3.09. The fourth-order valence-electron chi connectivity index (χ4n) is 2.09. The number of hydrogen-bond donors (Lipinski definition) is 1. The summed E-state index contributed by atoms with van der Waals surface area (Å²) in [5.74, 6) is -0.632. The van der Waals surface area contributed by atoms with Crippen molar-refractivity contribution in [2.75, 3.05) is 5.32 Å². The summed E-state index contributed by atoms with van der Waals surface area (Å²) in [4.78, 5) is 23.9. The van der Waals surface area contributed by atoms with E-state index in [9.17, 15) is 18.0 Å². The molecule has 6 nitrogen and oxygen atoms in total. The molecule has 26 heavy (non-hydrogen) atoms. The Kier molecular flexibility index (Phi) is 5.12. The average molecular weight is 380 g/mol. The van der Waals surface area contributed by atoms with Crippen LogP contribution in [-0.4, -0.2) is 27.2 Å². The normalized spacial score (nSPS) is 11.2. The number of halogens is 3. The highest BCUT2D eigenvalue weighted by Gasteiger charge is 2.31. The number of rotatable bonds is 5. The van der Waals surface area contributed by atoms with E-state index >= 15 is 0 Å². The Hall–Kier alpha value is -3.01. The van der Waals surface area contributed by atoms with Crippen molar-refractivity contribution in [3.8, 4) is 17.0 Å². The molecule has 1 aromatic carbocycles. The number of ether oxygens (including phenoxy) is 1. The van der Waals surface area contributed by atoms with Crippen LogP contribution in [0.1, 0.15) is 5.56 Å². The maximum Gasteiger partial charge on any atom is 0.573 e. The van der Waals surface area contributed by atoms with Gasteiger partial charge in [-0.3, -0.25) is 4.79 Å². The van der Waals surface area contributed by atoms with E-state index in [0.717, 1.165) is 11.3 Å². The molecule has 3 aromatic rings. The van der Waals surface area contributed by atoms with Gasteiger partial charge in [0.1, 0.15) is 12.1 Å². The number of nitrogens with zero attached hydrogens (tertiary/aromatic N) is 3. The molecular formula is C16H11F3N4O2S. The van der Waals surface area contributed by atoms with Crippen molar-refractivity contribution < 1.29 is 22.7 Å². The maximum absolute atomic E-state index is 12.3. The molecule has 3 rings (SSSR count). The first kappa shape index (κ1) is 17.8. The molecule has 0 aliphatic carbocycles. The Morgan fingerprint density at radius 3 is 2.73 bits per heavy atom. The molecule has 0 fully saturated rings. The number of hydrogen-bond acceptors (Lipinski definition) is 6. The molecule has 0 bridgehead atoms. The minimum atomic E-state index is -4.76. The smallest absolute Gasteiger partial charge is 0.406 e. The zero-order valence-corrected chi connectivity index (χ0v) is 13.8. The quantitative estimate of drug-likeness (QED) is 0.731. The van der Waals surface area contributed by atoms with Gasteiger partial charge in [0.15, 0.2) is 5.13 Å². The first-order valence-electron chi connectivity index (χ1n) is 7.24. The van der Waals surface area contributed by atoms with E-state index in [1.54, 1.807) is 11.4 Å². The predicted molar refractivity (Wildman–Crippen MR) is 88.6 cm³/mol. The molecular weight excluding hydrogens is 369 g/mol. The van der Waals surface area contributed by atoms with Gasteiger partial charge in [-0.05, 0) is 17.7 Å². The van der Waals surface area contributed by atoms with E-state index in [-0.39, 0.29) is 18.1 Å². The van der Waals surface area contributed by atoms with Crippen molar-refractivity contribution in [1.29, 1.82) is 0 Å². The van der Waals surface area contributed by atoms with Gasteiger partial charge in [0.2, 0.25) is 5.91 Å². The highest BCUT2D eigenvalue weighted by atomic mass is 32.1. The molecule has 2 aromatic heterocycles. The number of nitrogens with one attached hydrogen (secondary N) is 1. The topological polar surface area (TPSA) is 77.0 Å². The van der Waals surface area contributed by atoms with Gasteiger partial charge in [-0.1, -0.05) is 12.1 Å². The lowest BCUT2D eigenvalue weighted by atomic mass is 10.2. The molecule has 0 radical (unpaired) electrons. The van der Waals surface area contributed by atoms with Gasteiger partial charge in [0.25, 0.3) is 0 Å². The molecule has 0 saturated carbocycles. The molecule has 1 N–H and O–H groups in total. The zero-order chi connectivity index (χ0) is 18.6. The number of carbonyl (C=O) groups excluding carboxylic acids is 1. The predicted octanol–water partition coefficient (Wildman–Crippen LogP) is 3.68. The number of alkyl halides is 3. The lowest BCUT2D eigenvalue weighted by Crippen LogP contribution is -2.17. The molecule has 2 heterocycles. The summed E-state index contributed by atoms with van der Waals surface area (Å²) >= 11 is 1.16. The third-order valence-corrected chi connectivity index (χ3v) is 3.85. The van der Waals surface area contributed by atoms with Crippen molar-refractivity contribution >= 4 is 22.4 Å². The lowest BCUT2D eigenvalue weighted by Gasteiger charge is -2.09. The van der Waals surface area contributed by atoms with Gasteiger partial charge in [-0.25, -0.2) is 15.0 Å². The van der Waals surface area contributed by atoms with Gasteiger partial charge in [0.05, 0.1) is 12.1 Å². The Bertz CT molecular complexity index is 900. The van der Waals surface area contributed by atoms with Crippen LogP contribution in [0.4, 0.5) is 18.3 Å². The number of anilines is 1. The second-order valence-electron chi connectivity index (χ2n) is 5.09. The highest BCUT2D eigenvalue weighted by Crippen LogP contribution is 2.30. The molecule has 0 spiro atoms. The van der Waals surface area contributed by atoms with Crippen molar-refractivity contribution in [2.24, 2.45) is 0 Å². The van der Waals surface area contributed by atoms with E-state index in [1.807, 2.05) is 0 Å². The fourth-order valence-corrected chi connectivity index (χ4v) is 2.82. The molecule has 134 valence electrons. The first-order chi connectivity index (χ1) is 12.4. The van der Waals surface area contributed by atoms with E-state index in [2.05, 4.69) is 25.0 Å². The number of thiazole rings is 1. The third kappa shape index (κ3) is 4.99. The second-order valence-corrected chi connectivity index (χ2v) is 5.94. The summed E-state index contributed by atoms with van der Waals surface area (Å²) in [5.41, 5.74) is 1.53. The summed E-state index contributed by atoms with van der Waals surface area (Å²) in [5, 5.41) is 4.60. The van der Waals surface area contributed by atoms with Crippen molar-refractivity contribution in [1.82, 2.24) is 15.0 Å². The Balaban J connectivity index is 1.68. The number of benzene rings is 1. The molecule has 0 unspecified atom stereocenters. The van der Waals surface area contributed by atoms with Crippen LogP contribution in [-0.2, 0) is 11.2 Å². The lowest BCUT2D eigenvalue weighted by molar-refractivity contribution is -0.274. The Morgan fingerprint density at radius 1 is 1.23 bits per heavy atom. The van der Waals surface area contributed by atoms with Crippen LogP contribution in [0, 0.1) is 0 Å². The van der Waals surface area contributed by atoms with Crippen LogP contribution >= 0.6 is 11.3 Å². The van der Waals surface area contributed by atoms with E-state index in [1.165, 1.54) is 36.9 Å². The molecule has 1 amide bonds. The first-order valence-corrected chi connectivity index (χ1v) is 8.12. The van der Waals surface area contributed by atoms with Crippen molar-refractivity contribution in [2.45, 2.75) is 12.8 Å². The van der Waals surface area contributed by atoms with Crippen LogP contribution in [0.2, 0.25) is 0 Å². The minimum absolute atomic E-state index is 0.0880. The standard InChI is InChI=1S/C16H11F3N4O2S/c17-16(18,19)25-12-3-1-2-11(5-12)13-8-26-15(22-13)23-14(24)4-10-6-20-9-21-7-10/h1-3,5-9H,4H2,(H,22,23,24). The zero-order valence-electron chi connectivity index (χ0n) is 13.0. The average Bonchev–Trinajstić information content (AvgIpc) is 3.03. The molecule has 0 atom stereocenters. The fraction of sp³-hybridized carbons (Fsp3) is 0.125. The summed E-state index contributed by atoms with van der Waals surface area (Å²) < 4.78 is 40.8. The molecule has 10 heteroatoms. The van der Waals surface area contributed by atoms with Crippen LogP contribution in [0.25, 0.3) is 11.3 Å². The van der Waals surface area contributed by atoms with E-state index in [4.69, 9.17) is 0 Å². The van der Waals surface area contributed by atoms with E-state index < -0.39 is 6.36 Å². The number of aromatic nitrogens is 3. The summed E-state index contributed by atoms with van der Waals surface area (Å²) in [6.07, 6.45) is -0.241. The van der Waals surface area contributed by atoms with Crippen LogP contribution < -0.4 is 10.1 Å². The maximum atomic E-state index is 12.3. The van der Waals surface area contributed by atoms with Gasteiger partial charge < -0.3 is 10.1 Å². The van der Waals surface area contributed by atoms with Gasteiger partial charge in [-0.2, -0.15) is 0 Å². The van der Waals surface area contributed by atoms with Crippen molar-refractivity contribution in [3.05, 3.63) is 53.9 Å². The van der Waals surface area contributed by atoms with E-state index in [0.29, 0.717) is 22.0 Å². The highest BCUT2D eigenvalue weighted by molar-refractivity contribution is 7.14. The molecule has 0 aliphatic rings. The van der Waals surface area contributed by atoms with Crippen LogP contribution in [0.5, 0.6) is 5.75 Å². The van der Waals surface area contributed by atoms with Crippen LogP contribution in [0.15, 0.2) is 48.4 Å². The van der Waals surface area contributed by atoms with Gasteiger partial charge in [-0.15, -0.1) is 24.5 Å². The number of carbonyl (C=O) groups is 1. The summed E-state index contributed by atoms with van der Waals surface area (Å²) in [6.45, 7) is 0. The monoisotopic (exact) mass is 380 g/mol. The molecule has 0 aliphatic heterocycles. The Labute approximate surface area is 149 Å². The van der Waals surface area contributed by atoms with Gasteiger partial charge in [0, 0.05) is 23.3 Å². The summed E-state index contributed by atoms with van der Waals surface area (Å²) in [6, 6.07) is 5.47. The summed E-state index contributed by atoms with van der Waals surface area (Å²) in [7, 11) is 0. The SMILES string of the molecule is O=C(Cc1cncnc1)Nc1nc(-c2cccc(OC(F)(F)F)c2)cs1. The van der Waals surface area contributed by atoms with Crippen molar-refractivity contribution in [3.63, 3.8) is 0 Å². The largest absolute Gasteiger partial charge is 0.573 e. The second kappa shape index (κ2) is 7.48. The van der Waals surface area contributed by atoms with Crippen LogP contribution in [0.3, 0.4) is 0 Å². The van der Waals surface area contributed by atoms with Gasteiger partial charge >= 0.3 is 6.36 Å². The number of amides is 1. The minimum Gasteiger partial charge on any atom is -0.406 e. The Morgan fingerprint density at radius 2 is 2.00 bits per heavy atom. The molecule has 0 saturated heterocycles.